The van der Waals surface area contributed by atoms with Gasteiger partial charge in [-0.05, 0) is 43.5 Å². The van der Waals surface area contributed by atoms with Gasteiger partial charge in [0.1, 0.15) is 12.1 Å². The number of carbonyl (C=O) groups excluding carboxylic acids is 2. The minimum atomic E-state index is -3.37. The maximum absolute atomic E-state index is 13.1. The lowest BCUT2D eigenvalue weighted by molar-refractivity contribution is 0.0904. The van der Waals surface area contributed by atoms with Crippen molar-refractivity contribution in [1.82, 2.24) is 5.32 Å². The van der Waals surface area contributed by atoms with Crippen molar-refractivity contribution >= 4 is 39.0 Å². The molecule has 0 aliphatic rings. The Morgan fingerprint density at radius 3 is 2.22 bits per heavy atom. The van der Waals surface area contributed by atoms with E-state index in [9.17, 15) is 18.0 Å². The van der Waals surface area contributed by atoms with Crippen LogP contribution in [-0.4, -0.2) is 38.3 Å². The van der Waals surface area contributed by atoms with Crippen LogP contribution < -0.4 is 5.32 Å². The van der Waals surface area contributed by atoms with E-state index in [2.05, 4.69) is 5.32 Å². The Kier molecular flexibility index (Phi) is 8.66. The summed E-state index contributed by atoms with van der Waals surface area (Å²) in [7, 11) is -3.37. The van der Waals surface area contributed by atoms with Gasteiger partial charge in [0.05, 0.1) is 4.90 Å². The molecule has 0 heterocycles. The molecule has 2 N–H and O–H groups in total. The zero-order valence-corrected chi connectivity index (χ0v) is 21.7. The number of Topliss-reactive ketones (excluding diaryl/α,β-unsaturated/α-hetero) is 1. The number of amides is 1. The van der Waals surface area contributed by atoms with E-state index in [0.29, 0.717) is 28.1 Å². The minimum Gasteiger partial charge on any atom is -0.442 e. The lowest BCUT2D eigenvalue weighted by Crippen LogP contribution is -2.45. The second-order valence-corrected chi connectivity index (χ2v) is 10.8. The van der Waals surface area contributed by atoms with E-state index < -0.39 is 33.9 Å². The maximum atomic E-state index is 13.1. The number of halogens is 1. The standard InChI is InChI=1S/C27H27ClN2O5S/c1-17(29)25(30-27(32)35-18(2)22-9-5-6-10-23(22)28)26(31)20-14-12-19(13-15-20)16-21-8-4-7-11-24(21)36(3,33)34/h4-15,18,25,29H,16H2,1-3H3,(H,30,32). The van der Waals surface area contributed by atoms with E-state index in [-0.39, 0.29) is 10.6 Å². The average molecular weight is 527 g/mol. The van der Waals surface area contributed by atoms with Crippen LogP contribution in [0.4, 0.5) is 4.79 Å². The van der Waals surface area contributed by atoms with Crippen LogP contribution in [0, 0.1) is 5.41 Å². The number of ketones is 1. The molecule has 3 aromatic rings. The normalized spacial score (nSPS) is 12.9. The molecule has 0 saturated carbocycles. The van der Waals surface area contributed by atoms with Crippen LogP contribution in [0.1, 0.15) is 47.0 Å². The van der Waals surface area contributed by atoms with Crippen LogP contribution >= 0.6 is 11.6 Å². The van der Waals surface area contributed by atoms with Gasteiger partial charge in [-0.2, -0.15) is 0 Å². The molecule has 36 heavy (non-hydrogen) atoms. The van der Waals surface area contributed by atoms with Gasteiger partial charge < -0.3 is 15.5 Å². The first-order valence-corrected chi connectivity index (χ1v) is 13.4. The molecule has 0 saturated heterocycles. The van der Waals surface area contributed by atoms with Crippen molar-refractivity contribution in [2.75, 3.05) is 6.26 Å². The van der Waals surface area contributed by atoms with Crippen molar-refractivity contribution in [2.45, 2.75) is 37.3 Å². The predicted octanol–water partition coefficient (Wildman–Crippen LogP) is 5.41. The fourth-order valence-corrected chi connectivity index (χ4v) is 4.97. The third-order valence-corrected chi connectivity index (χ3v) is 7.13. The topological polar surface area (TPSA) is 113 Å². The van der Waals surface area contributed by atoms with Crippen LogP contribution in [0.15, 0.2) is 77.7 Å². The number of hydrogen-bond donors (Lipinski definition) is 2. The molecular weight excluding hydrogens is 500 g/mol. The number of rotatable bonds is 9. The summed E-state index contributed by atoms with van der Waals surface area (Å²) in [5.74, 6) is -0.465. The lowest BCUT2D eigenvalue weighted by Gasteiger charge is -2.20. The molecular formula is C27H27ClN2O5S. The van der Waals surface area contributed by atoms with Crippen molar-refractivity contribution in [3.8, 4) is 0 Å². The molecule has 0 aliphatic heterocycles. The summed E-state index contributed by atoms with van der Waals surface area (Å²) in [5.41, 5.74) is 2.34. The molecule has 7 nitrogen and oxygen atoms in total. The molecule has 0 spiro atoms. The number of sulfone groups is 1. The molecule has 0 fully saturated rings. The number of ether oxygens (including phenoxy) is 1. The van der Waals surface area contributed by atoms with Crippen molar-refractivity contribution in [1.29, 1.82) is 5.41 Å². The van der Waals surface area contributed by atoms with Crippen LogP contribution in [0.25, 0.3) is 0 Å². The number of carbonyl (C=O) groups is 2. The SMILES string of the molecule is CC(=N)C(NC(=O)OC(C)c1ccccc1Cl)C(=O)c1ccc(Cc2ccccc2S(C)(=O)=O)cc1. The molecule has 3 aromatic carbocycles. The Balaban J connectivity index is 1.71. The Hall–Kier alpha value is -3.49. The molecule has 9 heteroatoms. The number of hydrogen-bond acceptors (Lipinski definition) is 6. The fourth-order valence-electron chi connectivity index (χ4n) is 3.74. The summed E-state index contributed by atoms with van der Waals surface area (Å²) in [6.45, 7) is 3.09. The van der Waals surface area contributed by atoms with Crippen LogP contribution in [0.5, 0.6) is 0 Å². The molecule has 2 unspecified atom stereocenters. The van der Waals surface area contributed by atoms with E-state index >= 15 is 0 Å². The smallest absolute Gasteiger partial charge is 0.408 e. The van der Waals surface area contributed by atoms with Crippen molar-refractivity contribution in [3.63, 3.8) is 0 Å². The van der Waals surface area contributed by atoms with Crippen LogP contribution in [-0.2, 0) is 21.0 Å². The van der Waals surface area contributed by atoms with Gasteiger partial charge in [0.2, 0.25) is 0 Å². The number of nitrogens with one attached hydrogen (secondary N) is 2. The maximum Gasteiger partial charge on any atom is 0.408 e. The molecule has 0 aliphatic carbocycles. The molecule has 0 aromatic heterocycles. The summed E-state index contributed by atoms with van der Waals surface area (Å²) in [6.07, 6.45) is 0.0338. The van der Waals surface area contributed by atoms with Gasteiger partial charge in [0.25, 0.3) is 0 Å². The summed E-state index contributed by atoms with van der Waals surface area (Å²) in [4.78, 5) is 25.8. The van der Waals surface area contributed by atoms with Crippen molar-refractivity contribution in [3.05, 3.63) is 100 Å². The highest BCUT2D eigenvalue weighted by Crippen LogP contribution is 2.25. The first-order valence-electron chi connectivity index (χ1n) is 11.1. The first kappa shape index (κ1) is 27.1. The number of benzene rings is 3. The molecule has 3 rings (SSSR count). The first-order chi connectivity index (χ1) is 17.0. The molecule has 2 atom stereocenters. The molecule has 0 bridgehead atoms. The second-order valence-electron chi connectivity index (χ2n) is 8.45. The van der Waals surface area contributed by atoms with Crippen molar-refractivity contribution < 1.29 is 22.7 Å². The largest absolute Gasteiger partial charge is 0.442 e. The lowest BCUT2D eigenvalue weighted by atomic mass is 9.98. The van der Waals surface area contributed by atoms with Gasteiger partial charge in [-0.3, -0.25) is 4.79 Å². The third-order valence-electron chi connectivity index (χ3n) is 5.59. The van der Waals surface area contributed by atoms with E-state index in [0.717, 1.165) is 5.56 Å². The minimum absolute atomic E-state index is 0.0477. The Labute approximate surface area is 215 Å². The summed E-state index contributed by atoms with van der Waals surface area (Å²) < 4.78 is 29.5. The summed E-state index contributed by atoms with van der Waals surface area (Å²) in [5, 5.41) is 10.9. The highest BCUT2D eigenvalue weighted by Gasteiger charge is 2.26. The van der Waals surface area contributed by atoms with Crippen molar-refractivity contribution in [2.24, 2.45) is 0 Å². The quantitative estimate of drug-likeness (QED) is 0.286. The van der Waals surface area contributed by atoms with E-state index in [1.165, 1.54) is 13.2 Å². The van der Waals surface area contributed by atoms with Crippen LogP contribution in [0.3, 0.4) is 0 Å². The van der Waals surface area contributed by atoms with Gasteiger partial charge in [-0.15, -0.1) is 0 Å². The summed E-state index contributed by atoms with van der Waals surface area (Å²) in [6, 6.07) is 19.2. The molecule has 188 valence electrons. The van der Waals surface area contributed by atoms with Gasteiger partial charge in [0, 0.05) is 28.1 Å². The summed E-state index contributed by atoms with van der Waals surface area (Å²) >= 11 is 6.15. The van der Waals surface area contributed by atoms with E-state index in [4.69, 9.17) is 21.7 Å². The zero-order valence-electron chi connectivity index (χ0n) is 20.1. The Morgan fingerprint density at radius 1 is 1.00 bits per heavy atom. The highest BCUT2D eigenvalue weighted by atomic mass is 35.5. The van der Waals surface area contributed by atoms with E-state index in [1.54, 1.807) is 79.7 Å². The Morgan fingerprint density at radius 2 is 1.61 bits per heavy atom. The van der Waals surface area contributed by atoms with Crippen LogP contribution in [0.2, 0.25) is 5.02 Å². The van der Waals surface area contributed by atoms with E-state index in [1.807, 2.05) is 0 Å². The molecule has 1 amide bonds. The average Bonchev–Trinajstić information content (AvgIpc) is 2.82. The zero-order chi connectivity index (χ0) is 26.5. The predicted molar refractivity (Wildman–Crippen MR) is 140 cm³/mol. The fraction of sp³-hybridized carbons (Fsp3) is 0.222. The number of alkyl carbamates (subject to hydrolysis) is 1. The second kappa shape index (κ2) is 11.5. The third kappa shape index (κ3) is 6.80. The molecule has 0 radical (unpaired) electrons. The van der Waals surface area contributed by atoms with Gasteiger partial charge >= 0.3 is 6.09 Å². The van der Waals surface area contributed by atoms with Gasteiger partial charge in [-0.25, -0.2) is 13.2 Å². The monoisotopic (exact) mass is 526 g/mol. The highest BCUT2D eigenvalue weighted by molar-refractivity contribution is 7.90. The van der Waals surface area contributed by atoms with Gasteiger partial charge in [-0.1, -0.05) is 72.3 Å². The van der Waals surface area contributed by atoms with Gasteiger partial charge in [0.15, 0.2) is 15.6 Å². The Bertz CT molecular complexity index is 1390.